The fraction of sp³-hybridized carbons (Fsp3) is 0.636. The zero-order chi connectivity index (χ0) is 12.7. The summed E-state index contributed by atoms with van der Waals surface area (Å²) in [6, 6.07) is 1.63. The number of aliphatic hydroxyl groups is 1. The lowest BCUT2D eigenvalue weighted by atomic mass is 10.4. The van der Waals surface area contributed by atoms with E-state index in [0.29, 0.717) is 30.7 Å². The molecule has 0 saturated heterocycles. The first-order valence-corrected chi connectivity index (χ1v) is 5.58. The molecule has 0 saturated carbocycles. The van der Waals surface area contributed by atoms with Crippen LogP contribution in [0, 0.1) is 0 Å². The molecule has 1 N–H and O–H groups in total. The molecule has 0 atom stereocenters. The number of nitrogens with zero attached hydrogens (tertiary/aromatic N) is 3. The molecule has 96 valence electrons. The molecule has 1 aromatic heterocycles. The van der Waals surface area contributed by atoms with Crippen LogP contribution in [0.1, 0.15) is 13.3 Å². The minimum absolute atomic E-state index is 0.150. The van der Waals surface area contributed by atoms with Gasteiger partial charge < -0.3 is 19.5 Å². The van der Waals surface area contributed by atoms with Crippen molar-refractivity contribution in [2.75, 3.05) is 38.8 Å². The van der Waals surface area contributed by atoms with Crippen LogP contribution < -0.4 is 14.4 Å². The standard InChI is InChI=1S/C11H19N3O3/c1-4-14(6-5-7-15)11-12-9(16-2)8-10(13-11)17-3/h8,15H,4-7H2,1-3H3. The van der Waals surface area contributed by atoms with Crippen LogP contribution in [0.5, 0.6) is 11.8 Å². The maximum absolute atomic E-state index is 8.84. The van der Waals surface area contributed by atoms with Crippen LogP contribution in [0.25, 0.3) is 0 Å². The van der Waals surface area contributed by atoms with Gasteiger partial charge in [-0.2, -0.15) is 9.97 Å². The molecule has 0 amide bonds. The van der Waals surface area contributed by atoms with Crippen LogP contribution in [-0.2, 0) is 0 Å². The van der Waals surface area contributed by atoms with Crippen molar-refractivity contribution in [3.8, 4) is 11.8 Å². The van der Waals surface area contributed by atoms with Crippen molar-refractivity contribution < 1.29 is 14.6 Å². The normalized spacial score (nSPS) is 10.1. The molecule has 0 spiro atoms. The zero-order valence-corrected chi connectivity index (χ0v) is 10.5. The van der Waals surface area contributed by atoms with Crippen LogP contribution in [0.3, 0.4) is 0 Å². The van der Waals surface area contributed by atoms with Crippen molar-refractivity contribution in [1.29, 1.82) is 0 Å². The molecule has 0 fully saturated rings. The van der Waals surface area contributed by atoms with Gasteiger partial charge in [-0.3, -0.25) is 0 Å². The molecule has 1 rings (SSSR count). The second kappa shape index (κ2) is 6.90. The van der Waals surface area contributed by atoms with Crippen LogP contribution in [0.15, 0.2) is 6.07 Å². The second-order valence-electron chi connectivity index (χ2n) is 3.41. The fourth-order valence-corrected chi connectivity index (χ4v) is 1.40. The van der Waals surface area contributed by atoms with Crippen LogP contribution in [0.4, 0.5) is 5.95 Å². The van der Waals surface area contributed by atoms with Crippen LogP contribution >= 0.6 is 0 Å². The van der Waals surface area contributed by atoms with Gasteiger partial charge in [-0.25, -0.2) is 0 Å². The number of methoxy groups -OCH3 is 2. The van der Waals surface area contributed by atoms with Gasteiger partial charge in [0.05, 0.1) is 20.3 Å². The lowest BCUT2D eigenvalue weighted by Crippen LogP contribution is -2.26. The first-order chi connectivity index (χ1) is 8.24. The van der Waals surface area contributed by atoms with Crippen LogP contribution in [-0.4, -0.2) is 49.0 Å². The maximum Gasteiger partial charge on any atom is 0.231 e. The Morgan fingerprint density at radius 3 is 2.24 bits per heavy atom. The lowest BCUT2D eigenvalue weighted by Gasteiger charge is -2.20. The van der Waals surface area contributed by atoms with E-state index >= 15 is 0 Å². The summed E-state index contributed by atoms with van der Waals surface area (Å²) in [5.74, 6) is 1.49. The number of hydrogen-bond acceptors (Lipinski definition) is 6. The Labute approximate surface area is 101 Å². The van der Waals surface area contributed by atoms with E-state index in [0.717, 1.165) is 6.54 Å². The summed E-state index contributed by atoms with van der Waals surface area (Å²) >= 11 is 0. The Morgan fingerprint density at radius 2 is 1.82 bits per heavy atom. The van der Waals surface area contributed by atoms with E-state index in [1.54, 1.807) is 20.3 Å². The number of anilines is 1. The average Bonchev–Trinajstić information content (AvgIpc) is 2.39. The third kappa shape index (κ3) is 3.74. The summed E-state index contributed by atoms with van der Waals surface area (Å²) in [7, 11) is 3.10. The minimum atomic E-state index is 0.150. The highest BCUT2D eigenvalue weighted by atomic mass is 16.5. The quantitative estimate of drug-likeness (QED) is 0.758. The van der Waals surface area contributed by atoms with E-state index < -0.39 is 0 Å². The van der Waals surface area contributed by atoms with E-state index in [9.17, 15) is 0 Å². The number of aliphatic hydroxyl groups excluding tert-OH is 1. The molecule has 0 unspecified atom stereocenters. The Bertz CT molecular complexity index is 324. The van der Waals surface area contributed by atoms with E-state index in [1.807, 2.05) is 11.8 Å². The summed E-state index contributed by atoms with van der Waals surface area (Å²) in [4.78, 5) is 10.5. The molecule has 1 heterocycles. The average molecular weight is 241 g/mol. The van der Waals surface area contributed by atoms with E-state index in [1.165, 1.54) is 0 Å². The Kier molecular flexibility index (Phi) is 5.48. The third-order valence-corrected chi connectivity index (χ3v) is 2.34. The lowest BCUT2D eigenvalue weighted by molar-refractivity contribution is 0.289. The summed E-state index contributed by atoms with van der Waals surface area (Å²) in [5, 5.41) is 8.84. The van der Waals surface area contributed by atoms with E-state index in [2.05, 4.69) is 9.97 Å². The predicted octanol–water partition coefficient (Wildman–Crippen LogP) is 0.702. The molecule has 0 aliphatic rings. The summed E-state index contributed by atoms with van der Waals surface area (Å²) < 4.78 is 10.2. The van der Waals surface area contributed by atoms with Crippen molar-refractivity contribution in [3.63, 3.8) is 0 Å². The summed E-state index contributed by atoms with van der Waals surface area (Å²) in [6.07, 6.45) is 0.677. The van der Waals surface area contributed by atoms with Gasteiger partial charge in [0.25, 0.3) is 0 Å². The Hall–Kier alpha value is -1.56. The van der Waals surface area contributed by atoms with Gasteiger partial charge in [0.1, 0.15) is 0 Å². The Balaban J connectivity index is 2.92. The van der Waals surface area contributed by atoms with Crippen molar-refractivity contribution in [2.24, 2.45) is 0 Å². The van der Waals surface area contributed by atoms with Gasteiger partial charge in [0.15, 0.2) is 0 Å². The second-order valence-corrected chi connectivity index (χ2v) is 3.41. The monoisotopic (exact) mass is 241 g/mol. The van der Waals surface area contributed by atoms with Crippen LogP contribution in [0.2, 0.25) is 0 Å². The van der Waals surface area contributed by atoms with Gasteiger partial charge in [-0.1, -0.05) is 0 Å². The van der Waals surface area contributed by atoms with Gasteiger partial charge >= 0.3 is 0 Å². The molecule has 0 aliphatic carbocycles. The van der Waals surface area contributed by atoms with Crippen molar-refractivity contribution >= 4 is 5.95 Å². The molecule has 1 aromatic rings. The highest BCUT2D eigenvalue weighted by molar-refractivity contribution is 5.36. The smallest absolute Gasteiger partial charge is 0.231 e. The highest BCUT2D eigenvalue weighted by Gasteiger charge is 2.11. The minimum Gasteiger partial charge on any atom is -0.481 e. The number of rotatable bonds is 7. The first kappa shape index (κ1) is 13.5. The molecule has 0 aromatic carbocycles. The molecule has 0 aliphatic heterocycles. The number of hydrogen-bond donors (Lipinski definition) is 1. The molecular weight excluding hydrogens is 222 g/mol. The molecule has 6 nitrogen and oxygen atoms in total. The number of ether oxygens (including phenoxy) is 2. The highest BCUT2D eigenvalue weighted by Crippen LogP contribution is 2.19. The van der Waals surface area contributed by atoms with Gasteiger partial charge in [0, 0.05) is 19.7 Å². The van der Waals surface area contributed by atoms with Crippen molar-refractivity contribution in [2.45, 2.75) is 13.3 Å². The SMILES string of the molecule is CCN(CCCO)c1nc(OC)cc(OC)n1. The van der Waals surface area contributed by atoms with E-state index in [-0.39, 0.29) is 6.61 Å². The van der Waals surface area contributed by atoms with E-state index in [4.69, 9.17) is 14.6 Å². The third-order valence-electron chi connectivity index (χ3n) is 2.34. The van der Waals surface area contributed by atoms with Crippen molar-refractivity contribution in [1.82, 2.24) is 9.97 Å². The largest absolute Gasteiger partial charge is 0.481 e. The van der Waals surface area contributed by atoms with Crippen molar-refractivity contribution in [3.05, 3.63) is 6.07 Å². The Morgan fingerprint density at radius 1 is 1.24 bits per heavy atom. The molecule has 17 heavy (non-hydrogen) atoms. The summed E-state index contributed by atoms with van der Waals surface area (Å²) in [5.41, 5.74) is 0. The summed E-state index contributed by atoms with van der Waals surface area (Å²) in [6.45, 7) is 3.62. The number of aromatic nitrogens is 2. The molecule has 0 bridgehead atoms. The van der Waals surface area contributed by atoms with Gasteiger partial charge in [-0.15, -0.1) is 0 Å². The maximum atomic E-state index is 8.84. The fourth-order valence-electron chi connectivity index (χ4n) is 1.40. The van der Waals surface area contributed by atoms with Gasteiger partial charge in [-0.05, 0) is 13.3 Å². The molecular formula is C11H19N3O3. The molecule has 0 radical (unpaired) electrons. The first-order valence-electron chi connectivity index (χ1n) is 5.58. The molecule has 6 heteroatoms. The predicted molar refractivity (Wildman–Crippen MR) is 64.7 cm³/mol. The topological polar surface area (TPSA) is 67.7 Å². The van der Waals surface area contributed by atoms with Gasteiger partial charge in [0.2, 0.25) is 17.7 Å². The zero-order valence-electron chi connectivity index (χ0n) is 10.5.